The molecule has 2 heterocycles. The molecule has 5 heteroatoms. The molecule has 0 radical (unpaired) electrons. The molecule has 1 aromatic rings. The zero-order valence-electron chi connectivity index (χ0n) is 12.6. The van der Waals surface area contributed by atoms with Crippen molar-refractivity contribution in [2.75, 3.05) is 13.1 Å². The SMILES string of the molecule is C[C@H](NC1CN(C(=O)OC(C)(C)C)C1)c1cccnc1. The molecule has 0 unspecified atom stereocenters. The van der Waals surface area contributed by atoms with E-state index in [9.17, 15) is 4.79 Å². The number of rotatable bonds is 3. The number of carbonyl (C=O) groups excluding carboxylic acids is 1. The number of aromatic nitrogens is 1. The van der Waals surface area contributed by atoms with E-state index in [2.05, 4.69) is 23.3 Å². The van der Waals surface area contributed by atoms with E-state index in [1.54, 1.807) is 11.1 Å². The van der Waals surface area contributed by atoms with Crippen LogP contribution in [0.2, 0.25) is 0 Å². The van der Waals surface area contributed by atoms with Crippen molar-refractivity contribution in [3.8, 4) is 0 Å². The highest BCUT2D eigenvalue weighted by Gasteiger charge is 2.34. The second kappa shape index (κ2) is 5.79. The van der Waals surface area contributed by atoms with E-state index >= 15 is 0 Å². The molecule has 1 aliphatic heterocycles. The van der Waals surface area contributed by atoms with Crippen LogP contribution in [0.1, 0.15) is 39.3 Å². The molecule has 20 heavy (non-hydrogen) atoms. The predicted molar refractivity (Wildman–Crippen MR) is 77.4 cm³/mol. The van der Waals surface area contributed by atoms with Crippen LogP contribution >= 0.6 is 0 Å². The van der Waals surface area contributed by atoms with Crippen molar-refractivity contribution in [2.45, 2.75) is 45.4 Å². The Morgan fingerprint density at radius 1 is 1.50 bits per heavy atom. The average molecular weight is 277 g/mol. The number of hydrogen-bond donors (Lipinski definition) is 1. The van der Waals surface area contributed by atoms with Crippen molar-refractivity contribution in [1.29, 1.82) is 0 Å². The van der Waals surface area contributed by atoms with E-state index < -0.39 is 5.60 Å². The van der Waals surface area contributed by atoms with E-state index in [-0.39, 0.29) is 12.1 Å². The van der Waals surface area contributed by atoms with Crippen LogP contribution in [0.3, 0.4) is 0 Å². The molecule has 1 aromatic heterocycles. The molecule has 1 amide bonds. The van der Waals surface area contributed by atoms with E-state index in [1.165, 1.54) is 0 Å². The Morgan fingerprint density at radius 3 is 2.75 bits per heavy atom. The van der Waals surface area contributed by atoms with Crippen molar-refractivity contribution < 1.29 is 9.53 Å². The van der Waals surface area contributed by atoms with Crippen molar-refractivity contribution in [2.24, 2.45) is 0 Å². The van der Waals surface area contributed by atoms with Gasteiger partial charge in [-0.25, -0.2) is 4.79 Å². The molecule has 1 atom stereocenters. The van der Waals surface area contributed by atoms with Crippen LogP contribution in [0.5, 0.6) is 0 Å². The molecule has 110 valence electrons. The molecule has 0 spiro atoms. The fourth-order valence-electron chi connectivity index (χ4n) is 2.14. The van der Waals surface area contributed by atoms with E-state index in [0.717, 1.165) is 5.56 Å². The van der Waals surface area contributed by atoms with Gasteiger partial charge >= 0.3 is 6.09 Å². The Kier molecular flexibility index (Phi) is 4.28. The van der Waals surface area contributed by atoms with Gasteiger partial charge in [-0.2, -0.15) is 0 Å². The third kappa shape index (κ3) is 3.93. The molecule has 0 bridgehead atoms. The second-order valence-electron chi connectivity index (χ2n) is 6.26. The van der Waals surface area contributed by atoms with Gasteiger partial charge in [-0.3, -0.25) is 4.98 Å². The summed E-state index contributed by atoms with van der Waals surface area (Å²) in [4.78, 5) is 17.6. The summed E-state index contributed by atoms with van der Waals surface area (Å²) >= 11 is 0. The zero-order chi connectivity index (χ0) is 14.8. The monoisotopic (exact) mass is 277 g/mol. The second-order valence-corrected chi connectivity index (χ2v) is 6.26. The van der Waals surface area contributed by atoms with Crippen LogP contribution < -0.4 is 5.32 Å². The fraction of sp³-hybridized carbons (Fsp3) is 0.600. The topological polar surface area (TPSA) is 54.5 Å². The van der Waals surface area contributed by atoms with E-state index in [4.69, 9.17) is 4.74 Å². The third-order valence-corrected chi connectivity index (χ3v) is 3.20. The van der Waals surface area contributed by atoms with E-state index in [0.29, 0.717) is 19.1 Å². The molecule has 1 fully saturated rings. The lowest BCUT2D eigenvalue weighted by atomic mass is 10.1. The summed E-state index contributed by atoms with van der Waals surface area (Å²) in [6.45, 7) is 9.13. The molecule has 5 nitrogen and oxygen atoms in total. The highest BCUT2D eigenvalue weighted by atomic mass is 16.6. The Bertz CT molecular complexity index is 450. The number of nitrogens with one attached hydrogen (secondary N) is 1. The van der Waals surface area contributed by atoms with Crippen LogP contribution in [-0.4, -0.2) is 40.7 Å². The lowest BCUT2D eigenvalue weighted by Crippen LogP contribution is -2.60. The summed E-state index contributed by atoms with van der Waals surface area (Å²) in [7, 11) is 0. The molecule has 0 saturated carbocycles. The number of ether oxygens (including phenoxy) is 1. The molecular weight excluding hydrogens is 254 g/mol. The first-order valence-corrected chi connectivity index (χ1v) is 6.99. The van der Waals surface area contributed by atoms with Crippen molar-refractivity contribution >= 4 is 6.09 Å². The maximum absolute atomic E-state index is 11.8. The fourth-order valence-corrected chi connectivity index (χ4v) is 2.14. The predicted octanol–water partition coefficient (Wildman–Crippen LogP) is 2.35. The maximum atomic E-state index is 11.8. The minimum atomic E-state index is -0.432. The standard InChI is InChI=1S/C15H23N3O2/c1-11(12-6-5-7-16-8-12)17-13-9-18(10-13)14(19)20-15(2,3)4/h5-8,11,13,17H,9-10H2,1-4H3/t11-/m0/s1. The first kappa shape index (κ1) is 14.8. The Hall–Kier alpha value is -1.62. The lowest BCUT2D eigenvalue weighted by molar-refractivity contribution is 0.00433. The minimum absolute atomic E-state index is 0.231. The van der Waals surface area contributed by atoms with Crippen LogP contribution in [0, 0.1) is 0 Å². The van der Waals surface area contributed by atoms with Crippen molar-refractivity contribution in [1.82, 2.24) is 15.2 Å². The maximum Gasteiger partial charge on any atom is 0.410 e. The van der Waals surface area contributed by atoms with Gasteiger partial charge in [0.05, 0.1) is 0 Å². The Balaban J connectivity index is 1.76. The molecule has 1 aliphatic rings. The molecular formula is C15H23N3O2. The van der Waals surface area contributed by atoms with Gasteiger partial charge in [-0.1, -0.05) is 6.07 Å². The lowest BCUT2D eigenvalue weighted by Gasteiger charge is -2.41. The van der Waals surface area contributed by atoms with Gasteiger partial charge in [0, 0.05) is 37.6 Å². The van der Waals surface area contributed by atoms with Gasteiger partial charge in [0.2, 0.25) is 0 Å². The first-order chi connectivity index (χ1) is 9.35. The molecule has 0 aliphatic carbocycles. The normalized spacial score (nSPS) is 17.5. The Labute approximate surface area is 120 Å². The van der Waals surface area contributed by atoms with Crippen LogP contribution in [0.25, 0.3) is 0 Å². The van der Waals surface area contributed by atoms with Gasteiger partial charge < -0.3 is 15.0 Å². The number of pyridine rings is 1. The summed E-state index contributed by atoms with van der Waals surface area (Å²) in [6.07, 6.45) is 3.40. The van der Waals surface area contributed by atoms with Crippen LogP contribution in [-0.2, 0) is 4.74 Å². The van der Waals surface area contributed by atoms with Gasteiger partial charge in [-0.15, -0.1) is 0 Å². The zero-order valence-corrected chi connectivity index (χ0v) is 12.6. The number of nitrogens with zero attached hydrogens (tertiary/aromatic N) is 2. The summed E-state index contributed by atoms with van der Waals surface area (Å²) in [5.41, 5.74) is 0.724. The number of likely N-dealkylation sites (tertiary alicyclic amines) is 1. The molecule has 1 saturated heterocycles. The minimum Gasteiger partial charge on any atom is -0.444 e. The summed E-state index contributed by atoms with van der Waals surface area (Å²) < 4.78 is 5.33. The summed E-state index contributed by atoms with van der Waals surface area (Å²) in [5.74, 6) is 0. The highest BCUT2D eigenvalue weighted by molar-refractivity contribution is 5.69. The largest absolute Gasteiger partial charge is 0.444 e. The van der Waals surface area contributed by atoms with Crippen LogP contribution in [0.4, 0.5) is 4.79 Å². The Morgan fingerprint density at radius 2 is 2.20 bits per heavy atom. The average Bonchev–Trinajstić information content (AvgIpc) is 2.31. The number of carbonyl (C=O) groups is 1. The molecule has 0 aromatic carbocycles. The first-order valence-electron chi connectivity index (χ1n) is 6.99. The number of amides is 1. The van der Waals surface area contributed by atoms with Gasteiger partial charge in [-0.05, 0) is 39.3 Å². The van der Waals surface area contributed by atoms with Gasteiger partial charge in [0.1, 0.15) is 5.60 Å². The van der Waals surface area contributed by atoms with Crippen molar-refractivity contribution in [3.05, 3.63) is 30.1 Å². The van der Waals surface area contributed by atoms with E-state index in [1.807, 2.05) is 33.0 Å². The number of hydrogen-bond acceptors (Lipinski definition) is 4. The molecule has 1 N–H and O–H groups in total. The smallest absolute Gasteiger partial charge is 0.410 e. The van der Waals surface area contributed by atoms with Gasteiger partial charge in [0.25, 0.3) is 0 Å². The highest BCUT2D eigenvalue weighted by Crippen LogP contribution is 2.18. The third-order valence-electron chi connectivity index (χ3n) is 3.20. The van der Waals surface area contributed by atoms with Crippen molar-refractivity contribution in [3.63, 3.8) is 0 Å². The summed E-state index contributed by atoms with van der Waals surface area (Å²) in [6, 6.07) is 4.53. The molecule has 2 rings (SSSR count). The quantitative estimate of drug-likeness (QED) is 0.921. The van der Waals surface area contributed by atoms with Gasteiger partial charge in [0.15, 0.2) is 0 Å². The summed E-state index contributed by atoms with van der Waals surface area (Å²) in [5, 5.41) is 3.49. The van der Waals surface area contributed by atoms with Crippen LogP contribution in [0.15, 0.2) is 24.5 Å².